The summed E-state index contributed by atoms with van der Waals surface area (Å²) in [6.45, 7) is 0. The van der Waals surface area contributed by atoms with Gasteiger partial charge in [0.05, 0.1) is 0 Å². The van der Waals surface area contributed by atoms with Crippen LogP contribution in [0.25, 0.3) is 11.3 Å². The summed E-state index contributed by atoms with van der Waals surface area (Å²) in [5, 5.41) is 14.9. The molecule has 4 heteroatoms. The van der Waals surface area contributed by atoms with Crippen LogP contribution in [0.4, 0.5) is 0 Å². The van der Waals surface area contributed by atoms with Crippen LogP contribution in [0.3, 0.4) is 0 Å². The number of nitriles is 1. The maximum atomic E-state index is 9.54. The molecule has 0 N–H and O–H groups in total. The Hall–Kier alpha value is -2.51. The number of hydrogen-bond donors (Lipinski definition) is 0. The molecular formula is C17H13N3S. The van der Waals surface area contributed by atoms with E-state index in [-0.39, 0.29) is 0 Å². The van der Waals surface area contributed by atoms with Crippen molar-refractivity contribution in [3.63, 3.8) is 0 Å². The molecular weight excluding hydrogens is 278 g/mol. The summed E-state index contributed by atoms with van der Waals surface area (Å²) in [6, 6.07) is 22.1. The molecule has 0 aliphatic rings. The standard InChI is InChI=1S/C17H13N3S/c1-20-17(21-14-10-6-3-7-11-14)15(12-18)16(19-20)13-8-4-2-5-9-13/h2-11H,1H3. The normalized spacial score (nSPS) is 10.3. The number of hydrogen-bond acceptors (Lipinski definition) is 3. The van der Waals surface area contributed by atoms with Crippen LogP contribution in [-0.2, 0) is 7.05 Å². The number of nitrogens with zero attached hydrogens (tertiary/aromatic N) is 3. The van der Waals surface area contributed by atoms with Crippen LogP contribution < -0.4 is 0 Å². The van der Waals surface area contributed by atoms with Crippen LogP contribution in [0, 0.1) is 11.3 Å². The van der Waals surface area contributed by atoms with Crippen LogP contribution in [0.1, 0.15) is 5.56 Å². The fraction of sp³-hybridized carbons (Fsp3) is 0.0588. The zero-order chi connectivity index (χ0) is 14.7. The second-order valence-electron chi connectivity index (χ2n) is 4.55. The van der Waals surface area contributed by atoms with Crippen molar-refractivity contribution >= 4 is 11.8 Å². The lowest BCUT2D eigenvalue weighted by atomic mass is 10.1. The van der Waals surface area contributed by atoms with E-state index in [1.165, 1.54) is 0 Å². The van der Waals surface area contributed by atoms with Crippen LogP contribution in [0.15, 0.2) is 70.6 Å². The van der Waals surface area contributed by atoms with E-state index in [2.05, 4.69) is 11.2 Å². The van der Waals surface area contributed by atoms with Crippen molar-refractivity contribution in [3.8, 4) is 17.3 Å². The molecule has 0 fully saturated rings. The van der Waals surface area contributed by atoms with E-state index in [4.69, 9.17) is 0 Å². The van der Waals surface area contributed by atoms with Crippen LogP contribution in [0.5, 0.6) is 0 Å². The van der Waals surface area contributed by atoms with Crippen LogP contribution in [0.2, 0.25) is 0 Å². The lowest BCUT2D eigenvalue weighted by Gasteiger charge is -2.02. The zero-order valence-corrected chi connectivity index (χ0v) is 12.3. The maximum absolute atomic E-state index is 9.54. The molecule has 0 aliphatic carbocycles. The molecule has 0 amide bonds. The van der Waals surface area contributed by atoms with Crippen molar-refractivity contribution in [1.29, 1.82) is 5.26 Å². The highest BCUT2D eigenvalue weighted by Crippen LogP contribution is 2.34. The molecule has 0 saturated carbocycles. The first-order valence-corrected chi connectivity index (χ1v) is 7.36. The van der Waals surface area contributed by atoms with Gasteiger partial charge in [0.15, 0.2) is 0 Å². The van der Waals surface area contributed by atoms with Crippen molar-refractivity contribution in [2.45, 2.75) is 9.92 Å². The second kappa shape index (κ2) is 5.86. The maximum Gasteiger partial charge on any atom is 0.117 e. The first-order chi connectivity index (χ1) is 10.3. The van der Waals surface area contributed by atoms with E-state index >= 15 is 0 Å². The summed E-state index contributed by atoms with van der Waals surface area (Å²) < 4.78 is 1.78. The first kappa shape index (κ1) is 13.5. The average molecular weight is 291 g/mol. The fourth-order valence-corrected chi connectivity index (χ4v) is 3.06. The minimum atomic E-state index is 0.623. The highest BCUT2D eigenvalue weighted by Gasteiger charge is 2.18. The summed E-state index contributed by atoms with van der Waals surface area (Å²) in [5.74, 6) is 0. The minimum absolute atomic E-state index is 0.623. The number of benzene rings is 2. The Kier molecular flexibility index (Phi) is 3.76. The molecule has 0 bridgehead atoms. The summed E-state index contributed by atoms with van der Waals surface area (Å²) in [7, 11) is 1.87. The molecule has 1 heterocycles. The monoisotopic (exact) mass is 291 g/mol. The Bertz CT molecular complexity index is 786. The van der Waals surface area contributed by atoms with Crippen molar-refractivity contribution < 1.29 is 0 Å². The van der Waals surface area contributed by atoms with Crippen LogP contribution in [-0.4, -0.2) is 9.78 Å². The molecule has 0 unspecified atom stereocenters. The highest BCUT2D eigenvalue weighted by atomic mass is 32.2. The molecule has 2 aromatic carbocycles. The van der Waals surface area contributed by atoms with Gasteiger partial charge in [-0.05, 0) is 12.1 Å². The van der Waals surface area contributed by atoms with Gasteiger partial charge in [-0.2, -0.15) is 10.4 Å². The Morgan fingerprint density at radius 1 is 1.00 bits per heavy atom. The van der Waals surface area contributed by atoms with E-state index in [0.29, 0.717) is 5.56 Å². The lowest BCUT2D eigenvalue weighted by molar-refractivity contribution is 0.700. The molecule has 3 rings (SSSR count). The molecule has 3 aromatic rings. The number of aromatic nitrogens is 2. The van der Waals surface area contributed by atoms with Gasteiger partial charge < -0.3 is 0 Å². The third-order valence-corrected chi connectivity index (χ3v) is 4.28. The largest absolute Gasteiger partial charge is 0.260 e. The molecule has 0 radical (unpaired) electrons. The lowest BCUT2D eigenvalue weighted by Crippen LogP contribution is -1.92. The molecule has 1 aromatic heterocycles. The fourth-order valence-electron chi connectivity index (χ4n) is 2.12. The summed E-state index contributed by atoms with van der Waals surface area (Å²) in [6.07, 6.45) is 0. The van der Waals surface area contributed by atoms with E-state index in [0.717, 1.165) is 21.2 Å². The topological polar surface area (TPSA) is 41.6 Å². The quantitative estimate of drug-likeness (QED) is 0.729. The third kappa shape index (κ3) is 2.69. The van der Waals surface area contributed by atoms with Gasteiger partial charge >= 0.3 is 0 Å². The summed E-state index contributed by atoms with van der Waals surface area (Å²) in [5.41, 5.74) is 2.32. The predicted octanol–water partition coefficient (Wildman–Crippen LogP) is 4.11. The Labute approximate surface area is 127 Å². The molecule has 0 spiro atoms. The van der Waals surface area contributed by atoms with Crippen molar-refractivity contribution in [3.05, 3.63) is 66.2 Å². The van der Waals surface area contributed by atoms with Gasteiger partial charge in [-0.1, -0.05) is 60.3 Å². The van der Waals surface area contributed by atoms with Gasteiger partial charge in [-0.15, -0.1) is 0 Å². The number of rotatable bonds is 3. The zero-order valence-electron chi connectivity index (χ0n) is 11.5. The highest BCUT2D eigenvalue weighted by molar-refractivity contribution is 7.99. The van der Waals surface area contributed by atoms with Gasteiger partial charge in [0.2, 0.25) is 0 Å². The minimum Gasteiger partial charge on any atom is -0.260 e. The van der Waals surface area contributed by atoms with Gasteiger partial charge in [-0.3, -0.25) is 4.68 Å². The Morgan fingerprint density at radius 2 is 1.62 bits per heavy atom. The van der Waals surface area contributed by atoms with E-state index in [9.17, 15) is 5.26 Å². The Balaban J connectivity index is 2.07. The smallest absolute Gasteiger partial charge is 0.117 e. The summed E-state index contributed by atoms with van der Waals surface area (Å²) in [4.78, 5) is 1.09. The van der Waals surface area contributed by atoms with Gasteiger partial charge in [0, 0.05) is 17.5 Å². The molecule has 102 valence electrons. The van der Waals surface area contributed by atoms with Gasteiger partial charge in [-0.25, -0.2) is 0 Å². The third-order valence-electron chi connectivity index (χ3n) is 3.11. The number of aryl methyl sites for hydroxylation is 1. The molecule has 3 nitrogen and oxygen atoms in total. The first-order valence-electron chi connectivity index (χ1n) is 6.55. The van der Waals surface area contributed by atoms with Gasteiger partial charge in [0.25, 0.3) is 0 Å². The SMILES string of the molecule is Cn1nc(-c2ccccc2)c(C#N)c1Sc1ccccc1. The van der Waals surface area contributed by atoms with Crippen molar-refractivity contribution in [2.24, 2.45) is 7.05 Å². The van der Waals surface area contributed by atoms with Crippen molar-refractivity contribution in [1.82, 2.24) is 9.78 Å². The van der Waals surface area contributed by atoms with E-state index in [1.54, 1.807) is 16.4 Å². The summed E-state index contributed by atoms with van der Waals surface area (Å²) >= 11 is 1.56. The molecule has 0 aliphatic heterocycles. The van der Waals surface area contributed by atoms with Crippen LogP contribution >= 0.6 is 11.8 Å². The Morgan fingerprint density at radius 3 is 2.24 bits per heavy atom. The molecule has 0 atom stereocenters. The predicted molar refractivity (Wildman–Crippen MR) is 83.9 cm³/mol. The molecule has 0 saturated heterocycles. The molecule has 21 heavy (non-hydrogen) atoms. The van der Waals surface area contributed by atoms with Gasteiger partial charge in [0.1, 0.15) is 22.4 Å². The average Bonchev–Trinajstić information content (AvgIpc) is 2.85. The second-order valence-corrected chi connectivity index (χ2v) is 5.61. The van der Waals surface area contributed by atoms with Crippen molar-refractivity contribution in [2.75, 3.05) is 0 Å². The van der Waals surface area contributed by atoms with E-state index < -0.39 is 0 Å². The van der Waals surface area contributed by atoms with E-state index in [1.807, 2.05) is 67.7 Å².